The van der Waals surface area contributed by atoms with Gasteiger partial charge in [0.1, 0.15) is 23.1 Å². The highest BCUT2D eigenvalue weighted by atomic mass is 19.1. The Morgan fingerprint density at radius 1 is 1.29 bits per heavy atom. The van der Waals surface area contributed by atoms with Crippen molar-refractivity contribution in [2.75, 3.05) is 23.8 Å². The van der Waals surface area contributed by atoms with Gasteiger partial charge in [0.2, 0.25) is 0 Å². The predicted molar refractivity (Wildman–Crippen MR) is 119 cm³/mol. The average molecular weight is 420 g/mol. The Morgan fingerprint density at radius 2 is 2.16 bits per heavy atom. The molecule has 3 atom stereocenters. The van der Waals surface area contributed by atoms with Gasteiger partial charge in [-0.15, -0.1) is 0 Å². The van der Waals surface area contributed by atoms with Crippen LogP contribution >= 0.6 is 0 Å². The smallest absolute Gasteiger partial charge is 0.144 e. The van der Waals surface area contributed by atoms with E-state index in [-0.39, 0.29) is 11.9 Å². The summed E-state index contributed by atoms with van der Waals surface area (Å²) >= 11 is 0. The number of hydrogen-bond donors (Lipinski definition) is 3. The Kier molecular flexibility index (Phi) is 3.98. The van der Waals surface area contributed by atoms with Crippen LogP contribution in [0.15, 0.2) is 24.5 Å². The van der Waals surface area contributed by atoms with Crippen LogP contribution in [0.25, 0.3) is 21.9 Å². The maximum atomic E-state index is 14.4. The van der Waals surface area contributed by atoms with E-state index >= 15 is 0 Å². The van der Waals surface area contributed by atoms with Gasteiger partial charge >= 0.3 is 0 Å². The Hall–Kier alpha value is -3.20. The number of nitrogens with two attached hydrogens (primary N) is 1. The summed E-state index contributed by atoms with van der Waals surface area (Å²) < 4.78 is 16.2. The van der Waals surface area contributed by atoms with Gasteiger partial charge in [0.15, 0.2) is 0 Å². The highest BCUT2D eigenvalue weighted by Crippen LogP contribution is 2.43. The third-order valence-electron chi connectivity index (χ3n) is 6.81. The van der Waals surface area contributed by atoms with Crippen molar-refractivity contribution in [3.8, 4) is 0 Å². The Morgan fingerprint density at radius 3 is 2.84 bits per heavy atom. The number of fused-ring (bicyclic) bond motifs is 5. The van der Waals surface area contributed by atoms with E-state index in [1.165, 1.54) is 6.07 Å². The molecule has 4 heterocycles. The number of aromatic nitrogens is 5. The first-order valence-electron chi connectivity index (χ1n) is 10.7. The molecule has 2 bridgehead atoms. The molecule has 1 saturated carbocycles. The minimum atomic E-state index is -0.284. The van der Waals surface area contributed by atoms with Crippen LogP contribution in [0, 0.1) is 11.7 Å². The van der Waals surface area contributed by atoms with E-state index in [4.69, 9.17) is 15.7 Å². The van der Waals surface area contributed by atoms with E-state index in [0.29, 0.717) is 24.1 Å². The lowest BCUT2D eigenvalue weighted by Gasteiger charge is -2.31. The first kappa shape index (κ1) is 18.6. The number of nitrogens with one attached hydrogen (secondary N) is 2. The Bertz CT molecular complexity index is 1310. The van der Waals surface area contributed by atoms with E-state index in [2.05, 4.69) is 20.3 Å². The molecule has 0 unspecified atom stereocenters. The summed E-state index contributed by atoms with van der Waals surface area (Å²) in [5.74, 6) is 1.79. The number of piperidine rings is 1. The fraction of sp³-hybridized carbons (Fsp3) is 0.409. The summed E-state index contributed by atoms with van der Waals surface area (Å²) in [7, 11) is 3.69. The van der Waals surface area contributed by atoms with E-state index in [0.717, 1.165) is 58.5 Å². The maximum absolute atomic E-state index is 14.4. The van der Waals surface area contributed by atoms with Crippen molar-refractivity contribution >= 4 is 33.4 Å². The van der Waals surface area contributed by atoms with E-state index in [1.807, 2.05) is 19.4 Å². The van der Waals surface area contributed by atoms with Gasteiger partial charge in [0.05, 0.1) is 22.8 Å². The zero-order valence-corrected chi connectivity index (χ0v) is 17.6. The number of halogens is 1. The lowest BCUT2D eigenvalue weighted by Crippen LogP contribution is -2.41. The van der Waals surface area contributed by atoms with E-state index < -0.39 is 0 Å². The molecule has 0 amide bonds. The molecule has 1 aliphatic heterocycles. The zero-order valence-electron chi connectivity index (χ0n) is 17.6. The first-order valence-corrected chi connectivity index (χ1v) is 10.7. The average Bonchev–Trinajstić information content (AvgIpc) is 3.50. The molecule has 160 valence electrons. The molecule has 0 spiro atoms. The van der Waals surface area contributed by atoms with Gasteiger partial charge < -0.3 is 20.9 Å². The molecule has 1 aliphatic carbocycles. The molecule has 1 saturated heterocycles. The van der Waals surface area contributed by atoms with Crippen molar-refractivity contribution in [2.24, 2.45) is 18.7 Å². The van der Waals surface area contributed by atoms with E-state index in [1.54, 1.807) is 17.8 Å². The topological polar surface area (TPSA) is 101 Å². The Balaban J connectivity index is 1.56. The number of benzene rings is 1. The van der Waals surface area contributed by atoms with Gasteiger partial charge in [-0.05, 0) is 36.5 Å². The van der Waals surface area contributed by atoms with E-state index in [9.17, 15) is 4.39 Å². The molecule has 9 heteroatoms. The van der Waals surface area contributed by atoms with Gasteiger partial charge in [0, 0.05) is 50.7 Å². The summed E-state index contributed by atoms with van der Waals surface area (Å²) in [4.78, 5) is 15.6. The van der Waals surface area contributed by atoms with Gasteiger partial charge in [-0.2, -0.15) is 5.10 Å². The van der Waals surface area contributed by atoms with Gasteiger partial charge in [-0.25, -0.2) is 14.4 Å². The van der Waals surface area contributed by atoms with Gasteiger partial charge in [-0.1, -0.05) is 0 Å². The molecular formula is C22H25FN8. The van der Waals surface area contributed by atoms with Crippen molar-refractivity contribution < 1.29 is 4.39 Å². The molecule has 0 radical (unpaired) electrons. The van der Waals surface area contributed by atoms with Crippen molar-refractivity contribution in [2.45, 2.75) is 31.3 Å². The highest BCUT2D eigenvalue weighted by molar-refractivity contribution is 6.14. The molecule has 2 aliphatic rings. The number of anilines is 2. The molecule has 31 heavy (non-hydrogen) atoms. The lowest BCUT2D eigenvalue weighted by atomic mass is 10.0. The summed E-state index contributed by atoms with van der Waals surface area (Å²) in [6.45, 7) is 0.880. The van der Waals surface area contributed by atoms with Crippen molar-refractivity contribution in [3.05, 3.63) is 41.7 Å². The van der Waals surface area contributed by atoms with Crippen LogP contribution < -0.4 is 16.0 Å². The Labute approximate surface area is 178 Å². The number of aromatic amines is 1. The maximum Gasteiger partial charge on any atom is 0.144 e. The molecule has 8 nitrogen and oxygen atoms in total. The quantitative estimate of drug-likeness (QED) is 0.469. The van der Waals surface area contributed by atoms with Gasteiger partial charge in [0.25, 0.3) is 0 Å². The molecule has 4 aromatic rings. The fourth-order valence-corrected chi connectivity index (χ4v) is 5.37. The zero-order chi connectivity index (χ0) is 21.3. The number of rotatable bonds is 4. The van der Waals surface area contributed by atoms with Crippen molar-refractivity contribution in [1.82, 2.24) is 24.7 Å². The van der Waals surface area contributed by atoms with Gasteiger partial charge in [-0.3, -0.25) is 4.68 Å². The SMILES string of the molecule is CNc1cc(F)cc2c1[nH]c1nc(Cc3cnn(C)c3)nc(N3C[C@H]4C[C@@H]3C[C@H]4N)c12. The van der Waals surface area contributed by atoms with Crippen LogP contribution in [0.1, 0.15) is 24.2 Å². The third kappa shape index (κ3) is 2.87. The standard InChI is InChI=1S/C22H25FN8/c1-25-17-6-13(23)5-15-19-21(29-20(15)17)27-18(3-11-8-26-30(2)9-11)28-22(19)31-10-12-4-14(31)7-16(12)24/h5-6,8-9,12,14,16,25H,3-4,7,10,24H2,1-2H3,(H,27,28,29)/t12-,14-,16-/m1/s1. The monoisotopic (exact) mass is 420 g/mol. The summed E-state index contributed by atoms with van der Waals surface area (Å²) in [6.07, 6.45) is 6.45. The summed E-state index contributed by atoms with van der Waals surface area (Å²) in [5.41, 5.74) is 9.63. The molecule has 2 fully saturated rings. The molecular weight excluding hydrogens is 395 g/mol. The number of hydrogen-bond acceptors (Lipinski definition) is 6. The summed E-state index contributed by atoms with van der Waals surface area (Å²) in [6, 6.07) is 3.69. The minimum Gasteiger partial charge on any atom is -0.386 e. The van der Waals surface area contributed by atoms with Crippen molar-refractivity contribution in [3.63, 3.8) is 0 Å². The first-order chi connectivity index (χ1) is 15.0. The number of H-pyrrole nitrogens is 1. The second-order valence-electron chi connectivity index (χ2n) is 8.84. The number of aryl methyl sites for hydroxylation is 1. The molecule has 3 aromatic heterocycles. The highest BCUT2D eigenvalue weighted by Gasteiger charge is 2.44. The van der Waals surface area contributed by atoms with Crippen LogP contribution in [0.5, 0.6) is 0 Å². The normalized spacial score (nSPS) is 22.8. The third-order valence-corrected chi connectivity index (χ3v) is 6.81. The lowest BCUT2D eigenvalue weighted by molar-refractivity contribution is 0.471. The van der Waals surface area contributed by atoms with Crippen molar-refractivity contribution in [1.29, 1.82) is 0 Å². The summed E-state index contributed by atoms with van der Waals surface area (Å²) in [5, 5.41) is 9.03. The van der Waals surface area contributed by atoms with Crippen LogP contribution in [-0.4, -0.2) is 50.4 Å². The van der Waals surface area contributed by atoms with Crippen LogP contribution in [0.3, 0.4) is 0 Å². The second kappa shape index (κ2) is 6.65. The molecule has 1 aromatic carbocycles. The minimum absolute atomic E-state index is 0.254. The van der Waals surface area contributed by atoms with Crippen LogP contribution in [0.4, 0.5) is 15.9 Å². The number of nitrogens with zero attached hydrogens (tertiary/aromatic N) is 5. The second-order valence-corrected chi connectivity index (χ2v) is 8.84. The predicted octanol–water partition coefficient (Wildman–Crippen LogP) is 2.54. The molecule has 4 N–H and O–H groups in total. The fourth-order valence-electron chi connectivity index (χ4n) is 5.37. The molecule has 6 rings (SSSR count). The van der Waals surface area contributed by atoms with Crippen LogP contribution in [0.2, 0.25) is 0 Å². The van der Waals surface area contributed by atoms with Crippen LogP contribution in [-0.2, 0) is 13.5 Å². The largest absolute Gasteiger partial charge is 0.386 e.